The fourth-order valence-electron chi connectivity index (χ4n) is 1.14. The summed E-state index contributed by atoms with van der Waals surface area (Å²) in [5.41, 5.74) is 5.64. The SMILES string of the molecule is COc1ccc(N(C)C(=O)CN)cc1F. The van der Waals surface area contributed by atoms with Crippen LogP contribution in [0.25, 0.3) is 0 Å². The van der Waals surface area contributed by atoms with Crippen LogP contribution in [0.4, 0.5) is 10.1 Å². The van der Waals surface area contributed by atoms with Gasteiger partial charge in [0.2, 0.25) is 5.91 Å². The third-order valence-corrected chi connectivity index (χ3v) is 2.07. The number of carbonyl (C=O) groups excluding carboxylic acids is 1. The molecule has 0 unspecified atom stereocenters. The number of hydrogen-bond donors (Lipinski definition) is 1. The third-order valence-electron chi connectivity index (χ3n) is 2.07. The third kappa shape index (κ3) is 2.44. The van der Waals surface area contributed by atoms with Crippen LogP contribution in [-0.2, 0) is 4.79 Å². The van der Waals surface area contributed by atoms with Crippen molar-refractivity contribution in [2.75, 3.05) is 25.6 Å². The number of halogens is 1. The summed E-state index contributed by atoms with van der Waals surface area (Å²) in [6.07, 6.45) is 0. The van der Waals surface area contributed by atoms with Gasteiger partial charge in [0, 0.05) is 18.8 Å². The van der Waals surface area contributed by atoms with E-state index in [1.807, 2.05) is 0 Å². The molecule has 1 amide bonds. The summed E-state index contributed by atoms with van der Waals surface area (Å²) in [5.74, 6) is -0.640. The Morgan fingerprint density at radius 2 is 2.27 bits per heavy atom. The Labute approximate surface area is 87.4 Å². The molecule has 0 saturated carbocycles. The average Bonchev–Trinajstić information content (AvgIpc) is 2.26. The molecule has 1 aromatic carbocycles. The molecule has 0 aliphatic heterocycles. The summed E-state index contributed by atoms with van der Waals surface area (Å²) in [6, 6.07) is 4.28. The highest BCUT2D eigenvalue weighted by atomic mass is 19.1. The van der Waals surface area contributed by atoms with Crippen LogP contribution >= 0.6 is 0 Å². The van der Waals surface area contributed by atoms with Crippen LogP contribution in [0.3, 0.4) is 0 Å². The highest BCUT2D eigenvalue weighted by molar-refractivity contribution is 5.94. The Morgan fingerprint density at radius 1 is 1.60 bits per heavy atom. The molecule has 0 saturated heterocycles. The molecule has 15 heavy (non-hydrogen) atoms. The van der Waals surface area contributed by atoms with Crippen molar-refractivity contribution in [3.63, 3.8) is 0 Å². The monoisotopic (exact) mass is 212 g/mol. The summed E-state index contributed by atoms with van der Waals surface area (Å²) in [5, 5.41) is 0. The number of anilines is 1. The molecule has 82 valence electrons. The highest BCUT2D eigenvalue weighted by Crippen LogP contribution is 2.22. The molecule has 0 aliphatic rings. The molecule has 0 bridgehead atoms. The van der Waals surface area contributed by atoms with E-state index >= 15 is 0 Å². The lowest BCUT2D eigenvalue weighted by molar-refractivity contribution is -0.117. The fraction of sp³-hybridized carbons (Fsp3) is 0.300. The molecule has 5 heteroatoms. The van der Waals surface area contributed by atoms with Crippen molar-refractivity contribution < 1.29 is 13.9 Å². The first-order valence-corrected chi connectivity index (χ1v) is 4.40. The van der Waals surface area contributed by atoms with Gasteiger partial charge in [-0.3, -0.25) is 4.79 Å². The largest absolute Gasteiger partial charge is 0.494 e. The molecule has 1 rings (SSSR count). The zero-order valence-corrected chi connectivity index (χ0v) is 8.66. The Morgan fingerprint density at radius 3 is 2.73 bits per heavy atom. The first-order valence-electron chi connectivity index (χ1n) is 4.40. The molecule has 0 aliphatic carbocycles. The van der Waals surface area contributed by atoms with Gasteiger partial charge in [0.05, 0.1) is 13.7 Å². The second kappa shape index (κ2) is 4.75. The maximum atomic E-state index is 13.3. The Bertz CT molecular complexity index is 368. The summed E-state index contributed by atoms with van der Waals surface area (Å²) < 4.78 is 18.0. The van der Waals surface area contributed by atoms with E-state index < -0.39 is 5.82 Å². The van der Waals surface area contributed by atoms with Crippen LogP contribution in [0.1, 0.15) is 0 Å². The lowest BCUT2D eigenvalue weighted by Crippen LogP contribution is -2.32. The van der Waals surface area contributed by atoms with Crippen molar-refractivity contribution in [2.24, 2.45) is 5.73 Å². The summed E-state index contributed by atoms with van der Waals surface area (Å²) in [7, 11) is 2.92. The second-order valence-corrected chi connectivity index (χ2v) is 2.98. The smallest absolute Gasteiger partial charge is 0.240 e. The Balaban J connectivity index is 2.97. The number of benzene rings is 1. The van der Waals surface area contributed by atoms with Crippen LogP contribution in [0, 0.1) is 5.82 Å². The average molecular weight is 212 g/mol. The number of likely N-dealkylation sites (N-methyl/N-ethyl adjacent to an activating group) is 1. The number of carbonyl (C=O) groups is 1. The van der Waals surface area contributed by atoms with Crippen molar-refractivity contribution in [3.05, 3.63) is 24.0 Å². The minimum Gasteiger partial charge on any atom is -0.494 e. The number of ether oxygens (including phenoxy) is 1. The first kappa shape index (κ1) is 11.5. The molecule has 0 radical (unpaired) electrons. The van der Waals surface area contributed by atoms with Gasteiger partial charge in [-0.05, 0) is 12.1 Å². The van der Waals surface area contributed by atoms with Crippen molar-refractivity contribution in [3.8, 4) is 5.75 Å². The number of amides is 1. The first-order chi connectivity index (χ1) is 7.10. The Kier molecular flexibility index (Phi) is 3.62. The van der Waals surface area contributed by atoms with Gasteiger partial charge in [0.15, 0.2) is 11.6 Å². The lowest BCUT2D eigenvalue weighted by atomic mass is 10.2. The van der Waals surface area contributed by atoms with E-state index in [4.69, 9.17) is 10.5 Å². The quantitative estimate of drug-likeness (QED) is 0.804. The van der Waals surface area contributed by atoms with Crippen molar-refractivity contribution >= 4 is 11.6 Å². The maximum absolute atomic E-state index is 13.3. The number of hydrogen-bond acceptors (Lipinski definition) is 3. The molecule has 0 aromatic heterocycles. The molecule has 0 spiro atoms. The van der Waals surface area contributed by atoms with Gasteiger partial charge in [0.1, 0.15) is 0 Å². The molecule has 4 nitrogen and oxygen atoms in total. The molecule has 2 N–H and O–H groups in total. The lowest BCUT2D eigenvalue weighted by Gasteiger charge is -2.16. The van der Waals surface area contributed by atoms with E-state index in [-0.39, 0.29) is 18.2 Å². The second-order valence-electron chi connectivity index (χ2n) is 2.98. The van der Waals surface area contributed by atoms with Gasteiger partial charge in [-0.15, -0.1) is 0 Å². The van der Waals surface area contributed by atoms with E-state index in [0.29, 0.717) is 5.69 Å². The summed E-state index contributed by atoms with van der Waals surface area (Å²) in [6.45, 7) is -0.107. The summed E-state index contributed by atoms with van der Waals surface area (Å²) in [4.78, 5) is 12.5. The molecule has 0 heterocycles. The normalized spacial score (nSPS) is 9.87. The predicted octanol–water partition coefficient (Wildman–Crippen LogP) is 0.756. The highest BCUT2D eigenvalue weighted by Gasteiger charge is 2.11. The van der Waals surface area contributed by atoms with E-state index in [1.54, 1.807) is 6.07 Å². The molecular weight excluding hydrogens is 199 g/mol. The van der Waals surface area contributed by atoms with Crippen LogP contribution in [0.5, 0.6) is 5.75 Å². The van der Waals surface area contributed by atoms with Crippen molar-refractivity contribution in [2.45, 2.75) is 0 Å². The minimum atomic E-state index is -0.508. The molecule has 1 aromatic rings. The van der Waals surface area contributed by atoms with E-state index in [9.17, 15) is 9.18 Å². The van der Waals surface area contributed by atoms with Crippen LogP contribution in [0.15, 0.2) is 18.2 Å². The zero-order valence-electron chi connectivity index (χ0n) is 8.66. The standard InChI is InChI=1S/C10H13FN2O2/c1-13(10(14)6-12)7-3-4-9(15-2)8(11)5-7/h3-5H,6,12H2,1-2H3. The number of rotatable bonds is 3. The van der Waals surface area contributed by atoms with Crippen LogP contribution < -0.4 is 15.4 Å². The van der Waals surface area contributed by atoms with E-state index in [2.05, 4.69) is 0 Å². The van der Waals surface area contributed by atoms with Crippen molar-refractivity contribution in [1.82, 2.24) is 0 Å². The molecular formula is C10H13FN2O2. The Hall–Kier alpha value is -1.62. The van der Waals surface area contributed by atoms with Crippen LogP contribution in [0.2, 0.25) is 0 Å². The topological polar surface area (TPSA) is 55.6 Å². The maximum Gasteiger partial charge on any atom is 0.240 e. The van der Waals surface area contributed by atoms with Crippen molar-refractivity contribution in [1.29, 1.82) is 0 Å². The molecule has 0 fully saturated rings. The molecule has 0 atom stereocenters. The number of methoxy groups -OCH3 is 1. The fourth-order valence-corrected chi connectivity index (χ4v) is 1.14. The van der Waals surface area contributed by atoms with Gasteiger partial charge >= 0.3 is 0 Å². The van der Waals surface area contributed by atoms with Gasteiger partial charge in [-0.2, -0.15) is 0 Å². The summed E-state index contributed by atoms with van der Waals surface area (Å²) >= 11 is 0. The van der Waals surface area contributed by atoms with Gasteiger partial charge in [-0.1, -0.05) is 0 Å². The number of nitrogens with two attached hydrogens (primary N) is 1. The predicted molar refractivity (Wildman–Crippen MR) is 55.4 cm³/mol. The van der Waals surface area contributed by atoms with Gasteiger partial charge in [-0.25, -0.2) is 4.39 Å². The minimum absolute atomic E-state index is 0.107. The van der Waals surface area contributed by atoms with E-state index in [1.165, 1.54) is 31.2 Å². The number of nitrogens with zero attached hydrogens (tertiary/aromatic N) is 1. The van der Waals surface area contributed by atoms with Crippen LogP contribution in [-0.4, -0.2) is 26.6 Å². The van der Waals surface area contributed by atoms with E-state index in [0.717, 1.165) is 0 Å². The van der Waals surface area contributed by atoms with Gasteiger partial charge in [0.25, 0.3) is 0 Å². The van der Waals surface area contributed by atoms with Gasteiger partial charge < -0.3 is 15.4 Å². The zero-order chi connectivity index (χ0) is 11.4.